The van der Waals surface area contributed by atoms with Crippen molar-refractivity contribution in [3.63, 3.8) is 0 Å². The molecule has 90 valence electrons. The molecule has 0 unspecified atom stereocenters. The van der Waals surface area contributed by atoms with E-state index in [1.165, 1.54) is 11.3 Å². The van der Waals surface area contributed by atoms with Gasteiger partial charge in [-0.05, 0) is 25.5 Å². The van der Waals surface area contributed by atoms with Crippen LogP contribution in [0.5, 0.6) is 10.9 Å². The lowest BCUT2D eigenvalue weighted by atomic mass is 10.2. The number of hydrogen-bond acceptors (Lipinski definition) is 6. The van der Waals surface area contributed by atoms with Crippen LogP contribution in [-0.2, 0) is 13.0 Å². The summed E-state index contributed by atoms with van der Waals surface area (Å²) in [6.45, 7) is 4.38. The lowest BCUT2D eigenvalue weighted by Crippen LogP contribution is -1.95. The van der Waals surface area contributed by atoms with Crippen LogP contribution in [0, 0.1) is 6.92 Å². The fourth-order valence-corrected chi connectivity index (χ4v) is 1.98. The number of hydrogen-bond donors (Lipinski definition) is 1. The van der Waals surface area contributed by atoms with Crippen molar-refractivity contribution >= 4 is 11.3 Å². The second-order valence-corrected chi connectivity index (χ2v) is 4.54. The van der Waals surface area contributed by atoms with Gasteiger partial charge < -0.3 is 10.5 Å². The Labute approximate surface area is 104 Å². The minimum absolute atomic E-state index is 0.383. The van der Waals surface area contributed by atoms with Crippen molar-refractivity contribution in [1.82, 2.24) is 15.2 Å². The van der Waals surface area contributed by atoms with Crippen molar-refractivity contribution < 1.29 is 4.74 Å². The monoisotopic (exact) mass is 250 g/mol. The highest BCUT2D eigenvalue weighted by Crippen LogP contribution is 2.27. The first-order valence-corrected chi connectivity index (χ1v) is 6.21. The van der Waals surface area contributed by atoms with Gasteiger partial charge in [0.15, 0.2) is 5.75 Å². The highest BCUT2D eigenvalue weighted by molar-refractivity contribution is 7.13. The van der Waals surface area contributed by atoms with E-state index in [4.69, 9.17) is 10.5 Å². The zero-order valence-electron chi connectivity index (χ0n) is 9.80. The number of pyridine rings is 1. The Balaban J connectivity index is 2.23. The van der Waals surface area contributed by atoms with E-state index in [0.29, 0.717) is 11.7 Å². The van der Waals surface area contributed by atoms with Crippen LogP contribution in [0.2, 0.25) is 0 Å². The number of aryl methyl sites for hydroxylation is 2. The summed E-state index contributed by atoms with van der Waals surface area (Å²) >= 11 is 1.35. The average molecular weight is 250 g/mol. The Kier molecular flexibility index (Phi) is 3.65. The number of ether oxygens (including phenoxy) is 1. The van der Waals surface area contributed by atoms with Gasteiger partial charge >= 0.3 is 0 Å². The van der Waals surface area contributed by atoms with Crippen molar-refractivity contribution in [2.75, 3.05) is 0 Å². The van der Waals surface area contributed by atoms with E-state index < -0.39 is 0 Å². The second kappa shape index (κ2) is 5.20. The van der Waals surface area contributed by atoms with Crippen molar-refractivity contribution in [2.45, 2.75) is 26.8 Å². The van der Waals surface area contributed by atoms with Gasteiger partial charge in [-0.15, -0.1) is 5.10 Å². The average Bonchev–Trinajstić information content (AvgIpc) is 2.79. The summed E-state index contributed by atoms with van der Waals surface area (Å²) in [6, 6.07) is 3.82. The van der Waals surface area contributed by atoms with E-state index in [1.54, 1.807) is 0 Å². The number of aromatic nitrogens is 3. The summed E-state index contributed by atoms with van der Waals surface area (Å²) in [4.78, 5) is 4.42. The standard InChI is InChI=1S/C11H14N4OS/c1-3-8-9(5-4-7(2)13-8)16-11-15-14-10(6-12)17-11/h4-5H,3,6,12H2,1-2H3. The Bertz CT molecular complexity index is 512. The van der Waals surface area contributed by atoms with Crippen molar-refractivity contribution in [3.05, 3.63) is 28.5 Å². The third-order valence-electron chi connectivity index (χ3n) is 2.23. The maximum absolute atomic E-state index is 5.66. The van der Waals surface area contributed by atoms with Gasteiger partial charge in [0.2, 0.25) is 0 Å². The van der Waals surface area contributed by atoms with Gasteiger partial charge in [0, 0.05) is 12.2 Å². The van der Waals surface area contributed by atoms with Crippen molar-refractivity contribution in [3.8, 4) is 10.9 Å². The van der Waals surface area contributed by atoms with E-state index in [1.807, 2.05) is 26.0 Å². The number of nitrogens with zero attached hydrogens (tertiary/aromatic N) is 3. The predicted molar refractivity (Wildman–Crippen MR) is 66.2 cm³/mol. The third kappa shape index (κ3) is 2.78. The van der Waals surface area contributed by atoms with Crippen LogP contribution < -0.4 is 10.5 Å². The maximum Gasteiger partial charge on any atom is 0.299 e. The van der Waals surface area contributed by atoms with Gasteiger partial charge in [-0.1, -0.05) is 23.4 Å². The Morgan fingerprint density at radius 2 is 2.18 bits per heavy atom. The Morgan fingerprint density at radius 1 is 1.35 bits per heavy atom. The summed E-state index contributed by atoms with van der Waals surface area (Å²) in [5.74, 6) is 0.734. The molecule has 2 rings (SSSR count). The van der Waals surface area contributed by atoms with E-state index in [-0.39, 0.29) is 0 Å². The van der Waals surface area contributed by atoms with Gasteiger partial charge in [-0.25, -0.2) is 0 Å². The zero-order valence-corrected chi connectivity index (χ0v) is 10.6. The lowest BCUT2D eigenvalue weighted by Gasteiger charge is -2.06. The first-order valence-electron chi connectivity index (χ1n) is 5.39. The summed E-state index contributed by atoms with van der Waals surface area (Å²) in [6.07, 6.45) is 0.819. The molecule has 0 atom stereocenters. The molecule has 0 amide bonds. The van der Waals surface area contributed by atoms with E-state index >= 15 is 0 Å². The maximum atomic E-state index is 5.66. The zero-order chi connectivity index (χ0) is 12.3. The van der Waals surface area contributed by atoms with Crippen LogP contribution in [0.15, 0.2) is 12.1 Å². The van der Waals surface area contributed by atoms with Crippen LogP contribution in [0.4, 0.5) is 0 Å². The molecule has 0 aromatic carbocycles. The molecule has 0 aliphatic carbocycles. The fourth-order valence-electron chi connectivity index (χ4n) is 1.40. The topological polar surface area (TPSA) is 73.9 Å². The summed E-state index contributed by atoms with van der Waals surface area (Å²) in [5.41, 5.74) is 7.38. The van der Waals surface area contributed by atoms with E-state index in [9.17, 15) is 0 Å². The first kappa shape index (κ1) is 11.9. The number of rotatable bonds is 4. The molecular weight excluding hydrogens is 236 g/mol. The SMILES string of the molecule is CCc1nc(C)ccc1Oc1nnc(CN)s1. The van der Waals surface area contributed by atoms with Gasteiger partial charge in [0.25, 0.3) is 5.19 Å². The molecule has 2 aromatic heterocycles. The molecule has 6 heteroatoms. The molecule has 0 fully saturated rings. The summed E-state index contributed by atoms with van der Waals surface area (Å²) < 4.78 is 5.66. The van der Waals surface area contributed by atoms with E-state index in [0.717, 1.165) is 28.6 Å². The van der Waals surface area contributed by atoms with Gasteiger partial charge in [-0.2, -0.15) is 0 Å². The van der Waals surface area contributed by atoms with Gasteiger partial charge in [0.05, 0.1) is 5.69 Å². The molecule has 0 aliphatic heterocycles. The minimum atomic E-state index is 0.383. The van der Waals surface area contributed by atoms with Crippen LogP contribution in [0.3, 0.4) is 0 Å². The molecule has 0 radical (unpaired) electrons. The second-order valence-electron chi connectivity index (χ2n) is 3.52. The van der Waals surface area contributed by atoms with Gasteiger partial charge in [0.1, 0.15) is 5.01 Å². The first-order chi connectivity index (χ1) is 8.22. The van der Waals surface area contributed by atoms with Crippen LogP contribution in [0.1, 0.15) is 23.3 Å². The molecule has 0 saturated carbocycles. The van der Waals surface area contributed by atoms with E-state index in [2.05, 4.69) is 15.2 Å². The van der Waals surface area contributed by atoms with Crippen molar-refractivity contribution in [2.24, 2.45) is 5.73 Å². The Hall–Kier alpha value is -1.53. The predicted octanol–water partition coefficient (Wildman–Crippen LogP) is 2.05. The molecule has 0 aliphatic rings. The molecule has 17 heavy (non-hydrogen) atoms. The number of nitrogens with two attached hydrogens (primary N) is 1. The van der Waals surface area contributed by atoms with Crippen LogP contribution in [0.25, 0.3) is 0 Å². The molecule has 0 bridgehead atoms. The minimum Gasteiger partial charge on any atom is -0.428 e. The van der Waals surface area contributed by atoms with Crippen LogP contribution >= 0.6 is 11.3 Å². The molecule has 0 spiro atoms. The van der Waals surface area contributed by atoms with Gasteiger partial charge in [-0.3, -0.25) is 4.98 Å². The summed E-state index contributed by atoms with van der Waals surface area (Å²) in [7, 11) is 0. The highest BCUT2D eigenvalue weighted by atomic mass is 32.1. The quantitative estimate of drug-likeness (QED) is 0.899. The molecule has 2 aromatic rings. The molecule has 2 heterocycles. The highest BCUT2D eigenvalue weighted by Gasteiger charge is 2.09. The molecule has 5 nitrogen and oxygen atoms in total. The molecular formula is C11H14N4OS. The normalized spacial score (nSPS) is 10.5. The fraction of sp³-hybridized carbons (Fsp3) is 0.364. The summed E-state index contributed by atoms with van der Waals surface area (Å²) in [5, 5.41) is 9.09. The van der Waals surface area contributed by atoms with Crippen LogP contribution in [-0.4, -0.2) is 15.2 Å². The third-order valence-corrected chi connectivity index (χ3v) is 3.05. The molecule has 2 N–H and O–H groups in total. The lowest BCUT2D eigenvalue weighted by molar-refractivity contribution is 0.464. The Morgan fingerprint density at radius 3 is 2.82 bits per heavy atom. The van der Waals surface area contributed by atoms with Crippen molar-refractivity contribution in [1.29, 1.82) is 0 Å². The largest absolute Gasteiger partial charge is 0.428 e. The smallest absolute Gasteiger partial charge is 0.299 e. The molecule has 0 saturated heterocycles.